The van der Waals surface area contributed by atoms with E-state index in [0.29, 0.717) is 30.8 Å². The molecule has 0 unspecified atom stereocenters. The summed E-state index contributed by atoms with van der Waals surface area (Å²) in [5.74, 6) is 0.190. The Morgan fingerprint density at radius 1 is 0.958 bits per heavy atom. The van der Waals surface area contributed by atoms with Crippen molar-refractivity contribution < 1.29 is 13.2 Å². The van der Waals surface area contributed by atoms with E-state index in [0.717, 1.165) is 30.4 Å². The molecule has 0 spiro atoms. The minimum atomic E-state index is -3.47. The van der Waals surface area contributed by atoms with Crippen LogP contribution in [0.5, 0.6) is 0 Å². The van der Waals surface area contributed by atoms with Gasteiger partial charge in [-0.2, -0.15) is 4.31 Å². The van der Waals surface area contributed by atoms with Crippen LogP contribution >= 0.6 is 15.9 Å². The molecule has 0 aromatic heterocycles. The minimum Gasteiger partial charge on any atom is -0.342 e. The number of nitrogens with zero attached hydrogens (tertiary/aromatic N) is 2. The summed E-state index contributed by atoms with van der Waals surface area (Å²) in [4.78, 5) is 14.8. The Bertz CT molecular complexity index is 676. The fraction of sp³-hybridized carbons (Fsp3) is 0.588. The van der Waals surface area contributed by atoms with Crippen molar-refractivity contribution in [2.45, 2.75) is 37.0 Å². The summed E-state index contributed by atoms with van der Waals surface area (Å²) in [5, 5.41) is 0. The largest absolute Gasteiger partial charge is 0.342 e. The summed E-state index contributed by atoms with van der Waals surface area (Å²) in [6.45, 7) is 2.55. The molecule has 2 saturated heterocycles. The Kier molecular flexibility index (Phi) is 5.62. The second-order valence-corrected chi connectivity index (χ2v) is 9.37. The number of amides is 1. The summed E-state index contributed by atoms with van der Waals surface area (Å²) < 4.78 is 27.7. The van der Waals surface area contributed by atoms with E-state index in [9.17, 15) is 13.2 Å². The first-order valence-corrected chi connectivity index (χ1v) is 10.8. The van der Waals surface area contributed by atoms with Crippen LogP contribution in [0.4, 0.5) is 0 Å². The molecule has 2 fully saturated rings. The van der Waals surface area contributed by atoms with Crippen molar-refractivity contribution >= 4 is 31.9 Å². The zero-order valence-electron chi connectivity index (χ0n) is 13.7. The average Bonchev–Trinajstić information content (AvgIpc) is 2.62. The smallest absolute Gasteiger partial charge is 0.243 e. The zero-order valence-corrected chi connectivity index (χ0v) is 16.1. The molecule has 5 nitrogen and oxygen atoms in total. The second kappa shape index (κ2) is 7.54. The number of hydrogen-bond acceptors (Lipinski definition) is 3. The number of carbonyl (C=O) groups is 1. The van der Waals surface area contributed by atoms with Gasteiger partial charge in [0.1, 0.15) is 0 Å². The summed E-state index contributed by atoms with van der Waals surface area (Å²) in [6.07, 6.45) is 4.61. The van der Waals surface area contributed by atoms with Crippen molar-refractivity contribution in [1.29, 1.82) is 0 Å². The molecule has 0 aliphatic carbocycles. The lowest BCUT2D eigenvalue weighted by Gasteiger charge is -2.35. The number of halogens is 1. The van der Waals surface area contributed by atoms with Gasteiger partial charge in [0.2, 0.25) is 15.9 Å². The van der Waals surface area contributed by atoms with Crippen molar-refractivity contribution in [2.75, 3.05) is 26.2 Å². The molecule has 0 atom stereocenters. The highest BCUT2D eigenvalue weighted by Gasteiger charge is 2.34. The third-order valence-corrected chi connectivity index (χ3v) is 7.36. The van der Waals surface area contributed by atoms with E-state index < -0.39 is 10.0 Å². The van der Waals surface area contributed by atoms with E-state index >= 15 is 0 Å². The van der Waals surface area contributed by atoms with Crippen molar-refractivity contribution in [3.05, 3.63) is 28.7 Å². The molecule has 7 heteroatoms. The first kappa shape index (κ1) is 17.9. The standard InChI is InChI=1S/C17H23BrN2O3S/c18-15-4-6-16(7-5-15)24(22,23)20-12-8-14(9-13-20)17(21)19-10-2-1-3-11-19/h4-7,14H,1-3,8-13H2. The lowest BCUT2D eigenvalue weighted by molar-refractivity contribution is -0.137. The molecule has 3 rings (SSSR count). The van der Waals surface area contributed by atoms with E-state index in [4.69, 9.17) is 0 Å². The lowest BCUT2D eigenvalue weighted by Crippen LogP contribution is -2.45. The molecule has 132 valence electrons. The fourth-order valence-corrected chi connectivity index (χ4v) is 5.21. The molecule has 0 N–H and O–H groups in total. The Balaban J connectivity index is 1.62. The second-order valence-electron chi connectivity index (χ2n) is 6.52. The van der Waals surface area contributed by atoms with Crippen molar-refractivity contribution in [1.82, 2.24) is 9.21 Å². The van der Waals surface area contributed by atoms with Crippen molar-refractivity contribution in [3.63, 3.8) is 0 Å². The molecule has 0 bridgehead atoms. The maximum Gasteiger partial charge on any atom is 0.243 e. The number of hydrogen-bond donors (Lipinski definition) is 0. The number of piperidine rings is 2. The van der Waals surface area contributed by atoms with E-state index in [1.807, 2.05) is 4.90 Å². The van der Waals surface area contributed by atoms with Crippen LogP contribution in [0.2, 0.25) is 0 Å². The Hall–Kier alpha value is -0.920. The average molecular weight is 415 g/mol. The zero-order chi connectivity index (χ0) is 17.2. The van der Waals surface area contributed by atoms with Gasteiger partial charge in [-0.05, 0) is 56.4 Å². The third kappa shape index (κ3) is 3.83. The van der Waals surface area contributed by atoms with Gasteiger partial charge in [-0.15, -0.1) is 0 Å². The van der Waals surface area contributed by atoms with Crippen LogP contribution in [0.3, 0.4) is 0 Å². The molecular formula is C17H23BrN2O3S. The highest BCUT2D eigenvalue weighted by molar-refractivity contribution is 9.10. The topological polar surface area (TPSA) is 57.7 Å². The quantitative estimate of drug-likeness (QED) is 0.763. The Labute approximate surface area is 152 Å². The van der Waals surface area contributed by atoms with Crippen molar-refractivity contribution in [2.24, 2.45) is 5.92 Å². The molecule has 0 saturated carbocycles. The number of sulfonamides is 1. The molecule has 1 aromatic rings. The van der Waals surface area contributed by atoms with Crippen LogP contribution < -0.4 is 0 Å². The monoisotopic (exact) mass is 414 g/mol. The van der Waals surface area contributed by atoms with E-state index in [-0.39, 0.29) is 11.8 Å². The van der Waals surface area contributed by atoms with Gasteiger partial charge in [0.25, 0.3) is 0 Å². The van der Waals surface area contributed by atoms with Gasteiger partial charge in [0.05, 0.1) is 4.90 Å². The predicted octanol–water partition coefficient (Wildman–Crippen LogP) is 2.86. The highest BCUT2D eigenvalue weighted by atomic mass is 79.9. The maximum absolute atomic E-state index is 12.7. The van der Waals surface area contributed by atoms with Crippen LogP contribution in [0.15, 0.2) is 33.6 Å². The third-order valence-electron chi connectivity index (χ3n) is 4.92. The van der Waals surface area contributed by atoms with Gasteiger partial charge >= 0.3 is 0 Å². The summed E-state index contributed by atoms with van der Waals surface area (Å²) in [5.41, 5.74) is 0. The first-order valence-electron chi connectivity index (χ1n) is 8.53. The number of rotatable bonds is 3. The molecule has 24 heavy (non-hydrogen) atoms. The van der Waals surface area contributed by atoms with Crippen LogP contribution in [0.1, 0.15) is 32.1 Å². The van der Waals surface area contributed by atoms with Gasteiger partial charge in [-0.3, -0.25) is 4.79 Å². The summed E-state index contributed by atoms with van der Waals surface area (Å²) in [6, 6.07) is 6.70. The molecule has 2 heterocycles. The molecule has 2 aliphatic rings. The van der Waals surface area contributed by atoms with E-state index in [2.05, 4.69) is 15.9 Å². The molecule has 0 radical (unpaired) electrons. The SMILES string of the molecule is O=C(C1CCN(S(=O)(=O)c2ccc(Br)cc2)CC1)N1CCCCC1. The normalized spacial score (nSPS) is 21.0. The van der Waals surface area contributed by atoms with Crippen LogP contribution in [0, 0.1) is 5.92 Å². The van der Waals surface area contributed by atoms with Crippen LogP contribution in [-0.4, -0.2) is 49.7 Å². The van der Waals surface area contributed by atoms with Gasteiger partial charge < -0.3 is 4.90 Å². The number of carbonyl (C=O) groups excluding carboxylic acids is 1. The summed E-state index contributed by atoms with van der Waals surface area (Å²) in [7, 11) is -3.47. The van der Waals surface area contributed by atoms with Gasteiger partial charge in [-0.1, -0.05) is 15.9 Å². The first-order chi connectivity index (χ1) is 11.5. The van der Waals surface area contributed by atoms with Crippen LogP contribution in [-0.2, 0) is 14.8 Å². The Morgan fingerprint density at radius 3 is 2.12 bits per heavy atom. The fourth-order valence-electron chi connectivity index (χ4n) is 3.47. The molecule has 1 aromatic carbocycles. The minimum absolute atomic E-state index is 0.0283. The highest BCUT2D eigenvalue weighted by Crippen LogP contribution is 2.26. The molecule has 2 aliphatic heterocycles. The predicted molar refractivity (Wildman–Crippen MR) is 96.1 cm³/mol. The molecular weight excluding hydrogens is 392 g/mol. The number of likely N-dealkylation sites (tertiary alicyclic amines) is 1. The summed E-state index contributed by atoms with van der Waals surface area (Å²) >= 11 is 3.32. The number of benzene rings is 1. The van der Waals surface area contributed by atoms with Crippen molar-refractivity contribution in [3.8, 4) is 0 Å². The Morgan fingerprint density at radius 2 is 1.54 bits per heavy atom. The molecule has 1 amide bonds. The van der Waals surface area contributed by atoms with Crippen LogP contribution in [0.25, 0.3) is 0 Å². The lowest BCUT2D eigenvalue weighted by atomic mass is 9.95. The van der Waals surface area contributed by atoms with E-state index in [1.165, 1.54) is 10.7 Å². The van der Waals surface area contributed by atoms with Gasteiger partial charge in [0, 0.05) is 36.6 Å². The van der Waals surface area contributed by atoms with Gasteiger partial charge in [-0.25, -0.2) is 8.42 Å². The van der Waals surface area contributed by atoms with Gasteiger partial charge in [0.15, 0.2) is 0 Å². The van der Waals surface area contributed by atoms with E-state index in [1.54, 1.807) is 24.3 Å². The maximum atomic E-state index is 12.7.